The Morgan fingerprint density at radius 3 is 2.68 bits per heavy atom. The number of nitrogens with zero attached hydrogens (tertiary/aromatic N) is 2. The van der Waals surface area contributed by atoms with Gasteiger partial charge in [0.2, 0.25) is 5.91 Å². The summed E-state index contributed by atoms with van der Waals surface area (Å²) in [6, 6.07) is 5.65. The summed E-state index contributed by atoms with van der Waals surface area (Å²) in [5.41, 5.74) is 1.25. The number of amides is 2. The number of hydrogen-bond donors (Lipinski definition) is 0. The van der Waals surface area contributed by atoms with Crippen LogP contribution in [0.5, 0.6) is 5.75 Å². The van der Waals surface area contributed by atoms with E-state index in [-0.39, 0.29) is 24.5 Å². The topological polar surface area (TPSA) is 59.1 Å². The van der Waals surface area contributed by atoms with Crippen LogP contribution in [0.25, 0.3) is 6.08 Å². The summed E-state index contributed by atoms with van der Waals surface area (Å²) >= 11 is 0. The SMILES string of the molecule is C=Cc1ccc(OC)c(CC(=O)N(C)[C@H]2CCCN(C(=O)OC(C)(C)C)C2)c1. The fourth-order valence-electron chi connectivity index (χ4n) is 3.32. The maximum atomic E-state index is 12.9. The van der Waals surface area contributed by atoms with Crippen LogP contribution in [0.3, 0.4) is 0 Å². The molecular weight excluding hydrogens is 356 g/mol. The molecule has 1 saturated heterocycles. The molecule has 0 bridgehead atoms. The van der Waals surface area contributed by atoms with Gasteiger partial charge in [0, 0.05) is 31.7 Å². The number of benzene rings is 1. The van der Waals surface area contributed by atoms with Gasteiger partial charge < -0.3 is 19.3 Å². The lowest BCUT2D eigenvalue weighted by Gasteiger charge is -2.38. The number of likely N-dealkylation sites (tertiary alicyclic amines) is 1. The van der Waals surface area contributed by atoms with Crippen molar-refractivity contribution < 1.29 is 19.1 Å². The molecule has 1 aromatic carbocycles. The Morgan fingerprint density at radius 1 is 1.36 bits per heavy atom. The van der Waals surface area contributed by atoms with E-state index in [1.807, 2.05) is 39.0 Å². The summed E-state index contributed by atoms with van der Waals surface area (Å²) in [6.07, 6.45) is 3.38. The average molecular weight is 389 g/mol. The van der Waals surface area contributed by atoms with Crippen LogP contribution in [0.4, 0.5) is 4.79 Å². The molecule has 1 aliphatic rings. The molecular formula is C22H32N2O4. The molecule has 2 amide bonds. The summed E-state index contributed by atoms with van der Waals surface area (Å²) in [7, 11) is 3.40. The number of carbonyl (C=O) groups excluding carboxylic acids is 2. The molecule has 28 heavy (non-hydrogen) atoms. The van der Waals surface area contributed by atoms with E-state index in [0.717, 1.165) is 24.0 Å². The van der Waals surface area contributed by atoms with Gasteiger partial charge in [0.05, 0.1) is 13.5 Å². The third-order valence-electron chi connectivity index (χ3n) is 4.87. The molecule has 2 rings (SSSR count). The first-order chi connectivity index (χ1) is 13.1. The number of rotatable bonds is 5. The summed E-state index contributed by atoms with van der Waals surface area (Å²) in [5, 5.41) is 0. The maximum absolute atomic E-state index is 12.9. The second kappa shape index (κ2) is 9.13. The van der Waals surface area contributed by atoms with E-state index in [1.54, 1.807) is 30.0 Å². The van der Waals surface area contributed by atoms with Crippen molar-refractivity contribution in [3.8, 4) is 5.75 Å². The van der Waals surface area contributed by atoms with Gasteiger partial charge >= 0.3 is 6.09 Å². The molecule has 0 spiro atoms. The van der Waals surface area contributed by atoms with Gasteiger partial charge in [-0.25, -0.2) is 4.79 Å². The molecule has 1 aromatic rings. The van der Waals surface area contributed by atoms with Gasteiger partial charge in [0.1, 0.15) is 11.4 Å². The molecule has 1 aliphatic heterocycles. The van der Waals surface area contributed by atoms with Crippen molar-refractivity contribution in [2.75, 3.05) is 27.2 Å². The maximum Gasteiger partial charge on any atom is 0.410 e. The predicted molar refractivity (Wildman–Crippen MR) is 110 cm³/mol. The van der Waals surface area contributed by atoms with E-state index in [4.69, 9.17) is 9.47 Å². The van der Waals surface area contributed by atoms with E-state index in [1.165, 1.54) is 0 Å². The summed E-state index contributed by atoms with van der Waals surface area (Å²) < 4.78 is 10.9. The molecule has 1 fully saturated rings. The Hall–Kier alpha value is -2.50. The molecule has 1 atom stereocenters. The number of methoxy groups -OCH3 is 1. The van der Waals surface area contributed by atoms with Crippen LogP contribution < -0.4 is 4.74 Å². The van der Waals surface area contributed by atoms with Gasteiger partial charge in [-0.2, -0.15) is 0 Å². The Kier molecular flexibility index (Phi) is 7.11. The predicted octanol–water partition coefficient (Wildman–Crippen LogP) is 3.74. The van der Waals surface area contributed by atoms with E-state index in [9.17, 15) is 9.59 Å². The molecule has 0 saturated carbocycles. The fourth-order valence-corrected chi connectivity index (χ4v) is 3.32. The highest BCUT2D eigenvalue weighted by atomic mass is 16.6. The summed E-state index contributed by atoms with van der Waals surface area (Å²) in [4.78, 5) is 28.7. The lowest BCUT2D eigenvalue weighted by Crippen LogP contribution is -2.51. The van der Waals surface area contributed by atoms with Gasteiger partial charge in [-0.1, -0.05) is 18.7 Å². The van der Waals surface area contributed by atoms with Crippen LogP contribution in [0.15, 0.2) is 24.8 Å². The molecule has 0 aliphatic carbocycles. The zero-order valence-electron chi connectivity index (χ0n) is 17.7. The van der Waals surface area contributed by atoms with E-state index in [2.05, 4.69) is 6.58 Å². The van der Waals surface area contributed by atoms with E-state index in [0.29, 0.717) is 18.8 Å². The lowest BCUT2D eigenvalue weighted by atomic mass is 10.0. The molecule has 0 radical (unpaired) electrons. The molecule has 6 nitrogen and oxygen atoms in total. The van der Waals surface area contributed by atoms with Gasteiger partial charge in [0.25, 0.3) is 0 Å². The van der Waals surface area contributed by atoms with Gasteiger partial charge in [-0.05, 0) is 51.3 Å². The first kappa shape index (κ1) is 21.8. The van der Waals surface area contributed by atoms with Crippen LogP contribution in [0.2, 0.25) is 0 Å². The number of carbonyl (C=O) groups is 2. The quantitative estimate of drug-likeness (QED) is 0.771. The largest absolute Gasteiger partial charge is 0.496 e. The minimum atomic E-state index is -0.529. The standard InChI is InChI=1S/C22H32N2O4/c1-7-16-10-11-19(27-6)17(13-16)14-20(25)23(5)18-9-8-12-24(15-18)21(26)28-22(2,3)4/h7,10-11,13,18H,1,8-9,12,14-15H2,2-6H3/t18-/m0/s1. The van der Waals surface area contributed by atoms with Crippen molar-refractivity contribution in [2.45, 2.75) is 51.7 Å². The van der Waals surface area contributed by atoms with Crippen LogP contribution in [-0.4, -0.2) is 60.7 Å². The van der Waals surface area contributed by atoms with Crippen molar-refractivity contribution >= 4 is 18.1 Å². The molecule has 0 aromatic heterocycles. The monoisotopic (exact) mass is 388 g/mol. The first-order valence-electron chi connectivity index (χ1n) is 9.67. The highest BCUT2D eigenvalue weighted by Gasteiger charge is 2.31. The van der Waals surface area contributed by atoms with Crippen LogP contribution >= 0.6 is 0 Å². The molecule has 1 heterocycles. The van der Waals surface area contributed by atoms with Crippen LogP contribution in [0, 0.1) is 0 Å². The fraction of sp³-hybridized carbons (Fsp3) is 0.545. The minimum Gasteiger partial charge on any atom is -0.496 e. The van der Waals surface area contributed by atoms with Crippen molar-refractivity contribution in [3.05, 3.63) is 35.9 Å². The Morgan fingerprint density at radius 2 is 2.07 bits per heavy atom. The smallest absolute Gasteiger partial charge is 0.410 e. The third kappa shape index (κ3) is 5.75. The van der Waals surface area contributed by atoms with Crippen molar-refractivity contribution in [3.63, 3.8) is 0 Å². The normalized spacial score (nSPS) is 17.0. The van der Waals surface area contributed by atoms with Gasteiger partial charge in [-0.3, -0.25) is 4.79 Å². The zero-order chi connectivity index (χ0) is 20.9. The lowest BCUT2D eigenvalue weighted by molar-refractivity contribution is -0.132. The number of likely N-dealkylation sites (N-methyl/N-ethyl adjacent to an activating group) is 1. The molecule has 6 heteroatoms. The Balaban J connectivity index is 2.04. The number of hydrogen-bond acceptors (Lipinski definition) is 4. The van der Waals surface area contributed by atoms with E-state index >= 15 is 0 Å². The van der Waals surface area contributed by atoms with Crippen molar-refractivity contribution in [2.24, 2.45) is 0 Å². The minimum absolute atomic E-state index is 0.00412. The average Bonchev–Trinajstić information content (AvgIpc) is 2.66. The van der Waals surface area contributed by atoms with Crippen molar-refractivity contribution in [1.82, 2.24) is 9.80 Å². The highest BCUT2D eigenvalue weighted by molar-refractivity contribution is 5.80. The number of piperidine rings is 1. The second-order valence-electron chi connectivity index (χ2n) is 8.18. The van der Waals surface area contributed by atoms with Gasteiger partial charge in [-0.15, -0.1) is 0 Å². The Labute approximate surface area is 168 Å². The second-order valence-corrected chi connectivity index (χ2v) is 8.18. The zero-order valence-corrected chi connectivity index (χ0v) is 17.7. The number of ether oxygens (including phenoxy) is 2. The van der Waals surface area contributed by atoms with Crippen LogP contribution in [0.1, 0.15) is 44.7 Å². The first-order valence-corrected chi connectivity index (χ1v) is 9.67. The van der Waals surface area contributed by atoms with E-state index < -0.39 is 5.60 Å². The van der Waals surface area contributed by atoms with Crippen LogP contribution in [-0.2, 0) is 16.0 Å². The molecule has 0 unspecified atom stereocenters. The van der Waals surface area contributed by atoms with Gasteiger partial charge in [0.15, 0.2) is 0 Å². The molecule has 154 valence electrons. The molecule has 0 N–H and O–H groups in total. The Bertz CT molecular complexity index is 724. The summed E-state index contributed by atoms with van der Waals surface area (Å²) in [6.45, 7) is 10.5. The summed E-state index contributed by atoms with van der Waals surface area (Å²) in [5.74, 6) is 0.682. The van der Waals surface area contributed by atoms with Crippen molar-refractivity contribution in [1.29, 1.82) is 0 Å². The highest BCUT2D eigenvalue weighted by Crippen LogP contribution is 2.23. The third-order valence-corrected chi connectivity index (χ3v) is 4.87.